The zero-order chi connectivity index (χ0) is 22.6. The summed E-state index contributed by atoms with van der Waals surface area (Å²) >= 11 is 0. The monoisotopic (exact) mass is 422 g/mol. The molecule has 2 N–H and O–H groups in total. The summed E-state index contributed by atoms with van der Waals surface area (Å²) in [6.07, 6.45) is -4.98. The Labute approximate surface area is 170 Å². The van der Waals surface area contributed by atoms with Crippen LogP contribution in [0.5, 0.6) is 5.75 Å². The van der Waals surface area contributed by atoms with Crippen LogP contribution in [0, 0.1) is 17.1 Å². The van der Waals surface area contributed by atoms with Crippen LogP contribution in [0.15, 0.2) is 47.7 Å². The number of carbonyl (C=O) groups excluding carboxylic acids is 1. The van der Waals surface area contributed by atoms with Gasteiger partial charge in [-0.25, -0.2) is 4.39 Å². The number of hydrogen-bond donors (Lipinski definition) is 2. The van der Waals surface area contributed by atoms with Crippen LogP contribution >= 0.6 is 0 Å². The van der Waals surface area contributed by atoms with E-state index in [4.69, 9.17) is 10.00 Å². The molecule has 1 amide bonds. The molecule has 0 bridgehead atoms. The summed E-state index contributed by atoms with van der Waals surface area (Å²) in [6.45, 7) is 4.46. The molecule has 0 aliphatic heterocycles. The van der Waals surface area contributed by atoms with Crippen molar-refractivity contribution < 1.29 is 32.2 Å². The highest BCUT2D eigenvalue weighted by Crippen LogP contribution is 2.38. The molecule has 0 radical (unpaired) electrons. The van der Waals surface area contributed by atoms with E-state index in [2.05, 4.69) is 5.32 Å². The van der Waals surface area contributed by atoms with Crippen molar-refractivity contribution >= 4 is 11.6 Å². The SMILES string of the molecule is C/C(O)=C(\C#N)C(=O)Nc1cc(OC(C)C)c(-c2cccc(C(F)(F)F)c2)cc1F. The van der Waals surface area contributed by atoms with Crippen molar-refractivity contribution in [2.24, 2.45) is 0 Å². The lowest BCUT2D eigenvalue weighted by atomic mass is 10.0. The second kappa shape index (κ2) is 8.86. The van der Waals surface area contributed by atoms with Crippen LogP contribution < -0.4 is 10.1 Å². The van der Waals surface area contributed by atoms with Crippen LogP contribution in [0.4, 0.5) is 23.2 Å². The Morgan fingerprint density at radius 3 is 2.43 bits per heavy atom. The fourth-order valence-electron chi connectivity index (χ4n) is 2.57. The first-order valence-electron chi connectivity index (χ1n) is 8.73. The van der Waals surface area contributed by atoms with Crippen molar-refractivity contribution in [3.05, 3.63) is 59.1 Å². The van der Waals surface area contributed by atoms with Crippen LogP contribution in [0.2, 0.25) is 0 Å². The topological polar surface area (TPSA) is 82.3 Å². The lowest BCUT2D eigenvalue weighted by Crippen LogP contribution is -2.16. The number of benzene rings is 2. The third kappa shape index (κ3) is 5.29. The summed E-state index contributed by atoms with van der Waals surface area (Å²) in [5.74, 6) is -2.52. The summed E-state index contributed by atoms with van der Waals surface area (Å²) < 4.78 is 59.4. The van der Waals surface area contributed by atoms with E-state index in [1.54, 1.807) is 13.8 Å². The maximum atomic E-state index is 14.7. The van der Waals surface area contributed by atoms with Crippen molar-refractivity contribution in [3.8, 4) is 22.9 Å². The van der Waals surface area contributed by atoms with E-state index >= 15 is 0 Å². The number of nitriles is 1. The zero-order valence-corrected chi connectivity index (χ0v) is 16.3. The van der Waals surface area contributed by atoms with Crippen molar-refractivity contribution in [3.63, 3.8) is 0 Å². The molecule has 0 aromatic heterocycles. The van der Waals surface area contributed by atoms with E-state index in [0.29, 0.717) is 0 Å². The number of nitrogens with zero attached hydrogens (tertiary/aromatic N) is 1. The van der Waals surface area contributed by atoms with Gasteiger partial charge in [0.15, 0.2) is 5.57 Å². The van der Waals surface area contributed by atoms with Crippen molar-refractivity contribution in [2.45, 2.75) is 33.1 Å². The van der Waals surface area contributed by atoms with E-state index in [1.165, 1.54) is 18.2 Å². The average molecular weight is 422 g/mol. The Balaban J connectivity index is 2.57. The molecular weight excluding hydrogens is 404 g/mol. The van der Waals surface area contributed by atoms with Gasteiger partial charge < -0.3 is 15.2 Å². The zero-order valence-electron chi connectivity index (χ0n) is 16.3. The van der Waals surface area contributed by atoms with E-state index < -0.39 is 40.9 Å². The van der Waals surface area contributed by atoms with Crippen LogP contribution in [-0.2, 0) is 11.0 Å². The highest BCUT2D eigenvalue weighted by Gasteiger charge is 2.31. The van der Waals surface area contributed by atoms with Gasteiger partial charge in [-0.15, -0.1) is 0 Å². The number of halogens is 4. The largest absolute Gasteiger partial charge is 0.511 e. The number of alkyl halides is 3. The van der Waals surface area contributed by atoms with Gasteiger partial charge in [-0.2, -0.15) is 18.4 Å². The van der Waals surface area contributed by atoms with Gasteiger partial charge in [-0.1, -0.05) is 12.1 Å². The summed E-state index contributed by atoms with van der Waals surface area (Å²) in [6, 6.07) is 7.88. The number of nitrogens with one attached hydrogen (secondary N) is 1. The van der Waals surface area contributed by atoms with Gasteiger partial charge in [0.25, 0.3) is 5.91 Å². The molecule has 0 atom stereocenters. The number of amides is 1. The van der Waals surface area contributed by atoms with Gasteiger partial charge >= 0.3 is 6.18 Å². The number of ether oxygens (including phenoxy) is 1. The second-order valence-corrected chi connectivity index (χ2v) is 6.60. The van der Waals surface area contributed by atoms with Crippen LogP contribution in [-0.4, -0.2) is 17.1 Å². The number of aliphatic hydroxyl groups excluding tert-OH is 1. The fourth-order valence-corrected chi connectivity index (χ4v) is 2.57. The van der Waals surface area contributed by atoms with Crippen LogP contribution in [0.3, 0.4) is 0 Å². The maximum absolute atomic E-state index is 14.7. The number of hydrogen-bond acceptors (Lipinski definition) is 4. The molecule has 0 aliphatic carbocycles. The third-order valence-corrected chi connectivity index (χ3v) is 3.88. The first-order chi connectivity index (χ1) is 13.9. The lowest BCUT2D eigenvalue weighted by molar-refractivity contribution is -0.137. The quantitative estimate of drug-likeness (QED) is 0.285. The normalized spacial score (nSPS) is 12.2. The average Bonchev–Trinajstić information content (AvgIpc) is 2.63. The molecule has 0 saturated heterocycles. The summed E-state index contributed by atoms with van der Waals surface area (Å²) in [5.41, 5.74) is -1.75. The Kier molecular flexibility index (Phi) is 6.72. The van der Waals surface area contributed by atoms with Crippen LogP contribution in [0.1, 0.15) is 26.3 Å². The molecule has 9 heteroatoms. The van der Waals surface area contributed by atoms with Crippen molar-refractivity contribution in [2.75, 3.05) is 5.32 Å². The van der Waals surface area contributed by atoms with Crippen molar-refractivity contribution in [1.29, 1.82) is 5.26 Å². The van der Waals surface area contributed by atoms with E-state index in [9.17, 15) is 27.5 Å². The molecule has 0 fully saturated rings. The Bertz CT molecular complexity index is 1030. The highest BCUT2D eigenvalue weighted by atomic mass is 19.4. The first-order valence-corrected chi connectivity index (χ1v) is 8.73. The fraction of sp³-hybridized carbons (Fsp3) is 0.238. The molecule has 5 nitrogen and oxygen atoms in total. The number of allylic oxidation sites excluding steroid dienone is 1. The smallest absolute Gasteiger partial charge is 0.416 e. The summed E-state index contributed by atoms with van der Waals surface area (Å²) in [4.78, 5) is 12.1. The molecule has 2 aromatic rings. The maximum Gasteiger partial charge on any atom is 0.416 e. The van der Waals surface area contributed by atoms with Gasteiger partial charge in [0, 0.05) is 11.6 Å². The van der Waals surface area contributed by atoms with Gasteiger partial charge in [-0.3, -0.25) is 4.79 Å². The number of anilines is 1. The molecule has 158 valence electrons. The molecular formula is C21H18F4N2O3. The number of rotatable bonds is 5. The molecule has 0 heterocycles. The minimum absolute atomic E-state index is 0.0317. The van der Waals surface area contributed by atoms with Gasteiger partial charge in [0.05, 0.1) is 17.4 Å². The first kappa shape index (κ1) is 22.7. The molecule has 2 rings (SSSR count). The summed E-state index contributed by atoms with van der Waals surface area (Å²) in [7, 11) is 0. The number of aliphatic hydroxyl groups is 1. The standard InChI is InChI=1S/C21H18F4N2O3/c1-11(2)30-19-9-18(27-20(29)16(10-26)12(3)28)17(22)8-15(19)13-5-4-6-14(7-13)21(23,24)25/h4-9,11,28H,1-3H3,(H,27,29)/b16-12-. The second-order valence-electron chi connectivity index (χ2n) is 6.60. The highest BCUT2D eigenvalue weighted by molar-refractivity contribution is 6.07. The van der Waals surface area contributed by atoms with Gasteiger partial charge in [0.2, 0.25) is 0 Å². The predicted molar refractivity (Wildman–Crippen MR) is 102 cm³/mol. The third-order valence-electron chi connectivity index (χ3n) is 3.88. The molecule has 2 aromatic carbocycles. The molecule has 0 spiro atoms. The Morgan fingerprint density at radius 1 is 1.23 bits per heavy atom. The lowest BCUT2D eigenvalue weighted by Gasteiger charge is -2.18. The Morgan fingerprint density at radius 2 is 1.90 bits per heavy atom. The van der Waals surface area contributed by atoms with Gasteiger partial charge in [-0.05, 0) is 44.5 Å². The molecule has 0 saturated carbocycles. The van der Waals surface area contributed by atoms with Gasteiger partial charge in [0.1, 0.15) is 23.4 Å². The minimum atomic E-state index is -4.58. The van der Waals surface area contributed by atoms with Crippen molar-refractivity contribution in [1.82, 2.24) is 0 Å². The number of carbonyl (C=O) groups is 1. The molecule has 0 unspecified atom stereocenters. The van der Waals surface area contributed by atoms with E-state index in [1.807, 2.05) is 0 Å². The minimum Gasteiger partial charge on any atom is -0.511 e. The van der Waals surface area contributed by atoms with E-state index in [-0.39, 0.29) is 22.6 Å². The van der Waals surface area contributed by atoms with E-state index in [0.717, 1.165) is 31.2 Å². The predicted octanol–water partition coefficient (Wildman–Crippen LogP) is 5.59. The van der Waals surface area contributed by atoms with Crippen LogP contribution in [0.25, 0.3) is 11.1 Å². The molecule has 0 aliphatic rings. The summed E-state index contributed by atoms with van der Waals surface area (Å²) in [5, 5.41) is 20.5. The Hall–Kier alpha value is -3.54. The molecule has 30 heavy (non-hydrogen) atoms.